The van der Waals surface area contributed by atoms with Gasteiger partial charge in [0, 0.05) is 37.2 Å². The van der Waals surface area contributed by atoms with Gasteiger partial charge in [-0.1, -0.05) is 31.0 Å². The van der Waals surface area contributed by atoms with Gasteiger partial charge in [-0.05, 0) is 55.9 Å². The topological polar surface area (TPSA) is 91.7 Å². The van der Waals surface area contributed by atoms with E-state index in [-0.39, 0.29) is 5.91 Å². The fourth-order valence-electron chi connectivity index (χ4n) is 4.43. The Hall–Kier alpha value is -2.58. The minimum absolute atomic E-state index is 0.0732. The molecule has 7 nitrogen and oxygen atoms in total. The van der Waals surface area contributed by atoms with Crippen LogP contribution >= 0.6 is 0 Å². The summed E-state index contributed by atoms with van der Waals surface area (Å²) in [5, 5.41) is 4.70. The van der Waals surface area contributed by atoms with Gasteiger partial charge in [0.05, 0.1) is 10.3 Å². The molecular weight excluding hydrogens is 424 g/mol. The van der Waals surface area contributed by atoms with E-state index in [0.29, 0.717) is 30.4 Å². The van der Waals surface area contributed by atoms with Crippen molar-refractivity contribution in [3.05, 3.63) is 58.9 Å². The highest BCUT2D eigenvalue weighted by atomic mass is 32.2. The molecule has 0 saturated carbocycles. The largest absolute Gasteiger partial charge is 0.354 e. The molecule has 1 saturated heterocycles. The molecular formula is C24H30N4O3S. The minimum atomic E-state index is -3.41. The number of hydrogen-bond donors (Lipinski definition) is 1. The SMILES string of the molecule is Cc1ccccc1S(=O)(=O)N1CCC(CCCCNC(=O)C2C=c3cnccc3=N2)CC1. The van der Waals surface area contributed by atoms with Crippen molar-refractivity contribution in [3.63, 3.8) is 0 Å². The van der Waals surface area contributed by atoms with E-state index >= 15 is 0 Å². The number of benzene rings is 1. The van der Waals surface area contributed by atoms with E-state index < -0.39 is 16.1 Å². The van der Waals surface area contributed by atoms with Crippen molar-refractivity contribution >= 4 is 22.0 Å². The van der Waals surface area contributed by atoms with Crippen LogP contribution in [0.2, 0.25) is 0 Å². The van der Waals surface area contributed by atoms with Crippen molar-refractivity contribution in [2.45, 2.75) is 50.0 Å². The molecule has 1 unspecified atom stereocenters. The predicted octanol–water partition coefficient (Wildman–Crippen LogP) is 1.56. The molecule has 2 aliphatic rings. The van der Waals surface area contributed by atoms with Crippen molar-refractivity contribution in [3.8, 4) is 0 Å². The fraction of sp³-hybridized carbons (Fsp3) is 0.458. The molecule has 1 atom stereocenters. The third kappa shape index (κ3) is 5.07. The van der Waals surface area contributed by atoms with Crippen LogP contribution in [0.1, 0.15) is 37.7 Å². The zero-order chi connectivity index (χ0) is 22.6. The summed E-state index contributed by atoms with van der Waals surface area (Å²) >= 11 is 0. The average Bonchev–Trinajstić information content (AvgIpc) is 3.24. The summed E-state index contributed by atoms with van der Waals surface area (Å²) in [5.74, 6) is 0.463. The first-order valence-electron chi connectivity index (χ1n) is 11.3. The van der Waals surface area contributed by atoms with Crippen LogP contribution in [0.3, 0.4) is 0 Å². The number of fused-ring (bicyclic) bond motifs is 1. The van der Waals surface area contributed by atoms with E-state index in [0.717, 1.165) is 48.2 Å². The number of aryl methyl sites for hydroxylation is 1. The summed E-state index contributed by atoms with van der Waals surface area (Å²) in [6, 6.07) is 8.52. The van der Waals surface area contributed by atoms with Crippen LogP contribution in [-0.4, -0.2) is 49.3 Å². The van der Waals surface area contributed by atoms with E-state index in [1.807, 2.05) is 31.2 Å². The second-order valence-corrected chi connectivity index (χ2v) is 10.5. The van der Waals surface area contributed by atoms with Crippen LogP contribution in [0.25, 0.3) is 6.08 Å². The summed E-state index contributed by atoms with van der Waals surface area (Å²) < 4.78 is 27.5. The van der Waals surface area contributed by atoms with Gasteiger partial charge in [0.1, 0.15) is 6.04 Å². The van der Waals surface area contributed by atoms with Gasteiger partial charge >= 0.3 is 0 Å². The highest BCUT2D eigenvalue weighted by molar-refractivity contribution is 7.89. The fourth-order valence-corrected chi connectivity index (χ4v) is 6.13. The molecule has 3 heterocycles. The number of nitrogens with one attached hydrogen (secondary N) is 1. The van der Waals surface area contributed by atoms with Gasteiger partial charge in [-0.25, -0.2) is 8.42 Å². The molecule has 8 heteroatoms. The molecule has 2 aliphatic heterocycles. The maximum Gasteiger partial charge on any atom is 0.248 e. The number of unbranched alkanes of at least 4 members (excludes halogenated alkanes) is 1. The molecule has 1 N–H and O–H groups in total. The first-order chi connectivity index (χ1) is 15.4. The molecule has 0 spiro atoms. The highest BCUT2D eigenvalue weighted by Gasteiger charge is 2.30. The Morgan fingerprint density at radius 3 is 2.69 bits per heavy atom. The summed E-state index contributed by atoms with van der Waals surface area (Å²) in [5.41, 5.74) is 0.792. The molecule has 0 aliphatic carbocycles. The number of amides is 1. The van der Waals surface area contributed by atoms with Crippen LogP contribution < -0.4 is 15.9 Å². The number of rotatable bonds is 8. The molecule has 170 valence electrons. The molecule has 32 heavy (non-hydrogen) atoms. The van der Waals surface area contributed by atoms with Crippen molar-refractivity contribution in [2.75, 3.05) is 19.6 Å². The van der Waals surface area contributed by atoms with E-state index in [1.165, 1.54) is 0 Å². The second kappa shape index (κ2) is 9.92. The lowest BCUT2D eigenvalue weighted by Crippen LogP contribution is -2.38. The summed E-state index contributed by atoms with van der Waals surface area (Å²) in [6.07, 6.45) is 10.0. The lowest BCUT2D eigenvalue weighted by Gasteiger charge is -2.31. The van der Waals surface area contributed by atoms with Crippen LogP contribution in [0.4, 0.5) is 0 Å². The van der Waals surface area contributed by atoms with Gasteiger partial charge in [0.25, 0.3) is 0 Å². The predicted molar refractivity (Wildman–Crippen MR) is 123 cm³/mol. The number of aromatic nitrogens is 1. The number of carbonyl (C=O) groups is 1. The van der Waals surface area contributed by atoms with Crippen LogP contribution in [0, 0.1) is 12.8 Å². The zero-order valence-corrected chi connectivity index (χ0v) is 19.2. The monoisotopic (exact) mass is 454 g/mol. The second-order valence-electron chi connectivity index (χ2n) is 8.57. The smallest absolute Gasteiger partial charge is 0.248 e. The van der Waals surface area contributed by atoms with Gasteiger partial charge < -0.3 is 5.32 Å². The van der Waals surface area contributed by atoms with Crippen LogP contribution in [0.15, 0.2) is 52.6 Å². The van der Waals surface area contributed by atoms with Crippen molar-refractivity contribution < 1.29 is 13.2 Å². The zero-order valence-electron chi connectivity index (χ0n) is 18.4. The van der Waals surface area contributed by atoms with Gasteiger partial charge in [0.2, 0.25) is 15.9 Å². The van der Waals surface area contributed by atoms with Gasteiger partial charge in [-0.3, -0.25) is 14.8 Å². The molecule has 1 aromatic carbocycles. The maximum absolute atomic E-state index is 12.9. The Labute approximate surface area is 189 Å². The Balaban J connectivity index is 1.16. The standard InChI is InChI=1S/C24H30N4O3S/c1-18-6-2-3-8-23(18)32(30,31)28-14-10-19(11-15-28)7-4-5-12-26-24(29)22-16-20-17-25-13-9-21(20)27-22/h2-3,6,8-9,13,16-17,19,22H,4-5,7,10-12,14-15H2,1H3,(H,26,29). The summed E-state index contributed by atoms with van der Waals surface area (Å²) in [7, 11) is -3.41. The number of pyridine rings is 1. The molecule has 4 rings (SSSR count). The summed E-state index contributed by atoms with van der Waals surface area (Å²) in [6.45, 7) is 3.63. The van der Waals surface area contributed by atoms with Gasteiger partial charge in [0.15, 0.2) is 0 Å². The highest BCUT2D eigenvalue weighted by Crippen LogP contribution is 2.27. The van der Waals surface area contributed by atoms with E-state index in [4.69, 9.17) is 0 Å². The lowest BCUT2D eigenvalue weighted by molar-refractivity contribution is -0.121. The van der Waals surface area contributed by atoms with Crippen molar-refractivity contribution in [1.82, 2.24) is 14.6 Å². The van der Waals surface area contributed by atoms with Gasteiger partial charge in [-0.15, -0.1) is 0 Å². The number of carbonyl (C=O) groups excluding carboxylic acids is 1. The minimum Gasteiger partial charge on any atom is -0.354 e. The molecule has 1 aromatic heterocycles. The van der Waals surface area contributed by atoms with Crippen molar-refractivity contribution in [1.29, 1.82) is 0 Å². The first-order valence-corrected chi connectivity index (χ1v) is 12.7. The van der Waals surface area contributed by atoms with Crippen molar-refractivity contribution in [2.24, 2.45) is 10.9 Å². The average molecular weight is 455 g/mol. The Bertz CT molecular complexity index is 1150. The number of hydrogen-bond acceptors (Lipinski definition) is 5. The Kier molecular flexibility index (Phi) is 7.01. The maximum atomic E-state index is 12.9. The number of nitrogens with zero attached hydrogens (tertiary/aromatic N) is 3. The third-order valence-electron chi connectivity index (χ3n) is 6.34. The summed E-state index contributed by atoms with van der Waals surface area (Å²) in [4.78, 5) is 21.2. The molecule has 1 amide bonds. The van der Waals surface area contributed by atoms with Crippen LogP contribution in [-0.2, 0) is 14.8 Å². The van der Waals surface area contributed by atoms with E-state index in [1.54, 1.807) is 28.8 Å². The third-order valence-corrected chi connectivity index (χ3v) is 8.39. The Morgan fingerprint density at radius 1 is 1.16 bits per heavy atom. The van der Waals surface area contributed by atoms with E-state index in [2.05, 4.69) is 15.3 Å². The normalized spacial score (nSPS) is 19.1. The van der Waals surface area contributed by atoms with E-state index in [9.17, 15) is 13.2 Å². The molecule has 2 aromatic rings. The molecule has 0 bridgehead atoms. The quantitative estimate of drug-likeness (QED) is 0.613. The number of sulfonamides is 1. The van der Waals surface area contributed by atoms with Crippen LogP contribution in [0.5, 0.6) is 0 Å². The Morgan fingerprint density at radius 2 is 1.94 bits per heavy atom. The molecule has 1 fully saturated rings. The van der Waals surface area contributed by atoms with Gasteiger partial charge in [-0.2, -0.15) is 4.31 Å². The lowest BCUT2D eigenvalue weighted by atomic mass is 9.92. The molecule has 0 radical (unpaired) electrons. The first kappa shape index (κ1) is 22.6. The number of piperidine rings is 1.